The first kappa shape index (κ1) is 15.8. The highest BCUT2D eigenvalue weighted by molar-refractivity contribution is 9.10. The summed E-state index contributed by atoms with van der Waals surface area (Å²) in [5.74, 6) is 1.09. The van der Waals surface area contributed by atoms with Gasteiger partial charge < -0.3 is 10.5 Å². The van der Waals surface area contributed by atoms with Gasteiger partial charge in [-0.25, -0.2) is 9.78 Å². The molecule has 2 N–H and O–H groups in total. The quantitative estimate of drug-likeness (QED) is 0.643. The second-order valence-corrected chi connectivity index (χ2v) is 6.13. The molecule has 0 radical (unpaired) electrons. The van der Waals surface area contributed by atoms with E-state index in [9.17, 15) is 4.79 Å². The summed E-state index contributed by atoms with van der Waals surface area (Å²) in [4.78, 5) is 16.3. The summed E-state index contributed by atoms with van der Waals surface area (Å²) < 4.78 is 7.36. The van der Waals surface area contributed by atoms with Crippen molar-refractivity contribution >= 4 is 39.5 Å². The Hall–Kier alpha value is -1.54. The molecule has 0 saturated heterocycles. The molecular weight excluding hydrogens is 356 g/mol. The van der Waals surface area contributed by atoms with Crippen molar-refractivity contribution in [1.82, 2.24) is 14.8 Å². The summed E-state index contributed by atoms with van der Waals surface area (Å²) in [5.41, 5.74) is 6.37. The van der Waals surface area contributed by atoms with Gasteiger partial charge in [0.1, 0.15) is 16.4 Å². The van der Waals surface area contributed by atoms with Crippen LogP contribution in [0.4, 0.5) is 5.82 Å². The Balaban J connectivity index is 2.50. The van der Waals surface area contributed by atoms with Gasteiger partial charge >= 0.3 is 5.97 Å². The minimum Gasteiger partial charge on any atom is -0.462 e. The van der Waals surface area contributed by atoms with Crippen molar-refractivity contribution in [3.8, 4) is 5.82 Å². The molecule has 112 valence electrons. The third kappa shape index (κ3) is 3.38. The van der Waals surface area contributed by atoms with Crippen molar-refractivity contribution in [1.29, 1.82) is 0 Å². The van der Waals surface area contributed by atoms with E-state index in [2.05, 4.69) is 26.0 Å². The van der Waals surface area contributed by atoms with Gasteiger partial charge in [-0.15, -0.1) is 11.8 Å². The third-order valence-corrected chi connectivity index (χ3v) is 3.90. The average molecular weight is 371 g/mol. The molecule has 0 aromatic carbocycles. The maximum absolute atomic E-state index is 12.1. The zero-order chi connectivity index (χ0) is 15.4. The van der Waals surface area contributed by atoms with E-state index in [4.69, 9.17) is 10.5 Å². The monoisotopic (exact) mass is 370 g/mol. The molecule has 0 atom stereocenters. The second-order valence-electron chi connectivity index (χ2n) is 3.97. The van der Waals surface area contributed by atoms with Crippen molar-refractivity contribution in [2.24, 2.45) is 0 Å². The van der Waals surface area contributed by atoms with E-state index < -0.39 is 5.97 Å². The lowest BCUT2D eigenvalue weighted by Crippen LogP contribution is -2.10. The first-order valence-corrected chi connectivity index (χ1v) is 8.16. The molecule has 0 aliphatic rings. The molecule has 2 rings (SSSR count). The molecule has 6 nitrogen and oxygen atoms in total. The summed E-state index contributed by atoms with van der Waals surface area (Å²) in [6.45, 7) is 4.02. The number of hydrogen-bond acceptors (Lipinski definition) is 6. The number of halogens is 1. The van der Waals surface area contributed by atoms with Gasteiger partial charge in [0, 0.05) is 10.7 Å². The molecule has 0 amide bonds. The molecule has 21 heavy (non-hydrogen) atoms. The first-order valence-electron chi connectivity index (χ1n) is 6.38. The Labute approximate surface area is 135 Å². The smallest absolute Gasteiger partial charge is 0.344 e. The number of pyridine rings is 1. The molecule has 0 aliphatic heterocycles. The van der Waals surface area contributed by atoms with Crippen LogP contribution in [0.2, 0.25) is 0 Å². The maximum atomic E-state index is 12.1. The minimum atomic E-state index is -0.464. The van der Waals surface area contributed by atoms with E-state index in [0.717, 1.165) is 10.2 Å². The van der Waals surface area contributed by atoms with Crippen molar-refractivity contribution in [3.63, 3.8) is 0 Å². The lowest BCUT2D eigenvalue weighted by atomic mass is 10.3. The molecule has 8 heteroatoms. The largest absolute Gasteiger partial charge is 0.462 e. The summed E-state index contributed by atoms with van der Waals surface area (Å²) in [6.07, 6.45) is 1.65. The molecule has 2 aromatic rings. The highest BCUT2D eigenvalue weighted by atomic mass is 79.9. The second kappa shape index (κ2) is 6.95. The number of aromatic nitrogens is 3. The predicted molar refractivity (Wildman–Crippen MR) is 85.8 cm³/mol. The van der Waals surface area contributed by atoms with Crippen LogP contribution in [0.1, 0.15) is 24.2 Å². The van der Waals surface area contributed by atoms with E-state index in [1.165, 1.54) is 16.4 Å². The normalized spacial score (nSPS) is 10.6. The number of carbonyl (C=O) groups excluding carboxylic acids is 1. The summed E-state index contributed by atoms with van der Waals surface area (Å²) in [6, 6.07) is 3.60. The van der Waals surface area contributed by atoms with Crippen LogP contribution in [-0.4, -0.2) is 33.1 Å². The molecule has 0 spiro atoms. The molecular formula is C13H15BrN4O2S. The maximum Gasteiger partial charge on any atom is 0.344 e. The topological polar surface area (TPSA) is 83.0 Å². The Bertz CT molecular complexity index is 642. The van der Waals surface area contributed by atoms with E-state index >= 15 is 0 Å². The van der Waals surface area contributed by atoms with Gasteiger partial charge in [-0.05, 0) is 40.7 Å². The van der Waals surface area contributed by atoms with Crippen LogP contribution >= 0.6 is 27.7 Å². The van der Waals surface area contributed by atoms with Crippen LogP contribution in [0, 0.1) is 0 Å². The fourth-order valence-electron chi connectivity index (χ4n) is 1.71. The average Bonchev–Trinajstić information content (AvgIpc) is 2.77. The lowest BCUT2D eigenvalue weighted by molar-refractivity contribution is 0.0523. The Kier molecular flexibility index (Phi) is 5.24. The van der Waals surface area contributed by atoms with Gasteiger partial charge in [-0.1, -0.05) is 6.92 Å². The van der Waals surface area contributed by atoms with Gasteiger partial charge in [-0.3, -0.25) is 0 Å². The van der Waals surface area contributed by atoms with Gasteiger partial charge in [0.25, 0.3) is 0 Å². The number of thioether (sulfide) groups is 1. The highest BCUT2D eigenvalue weighted by Gasteiger charge is 2.24. The molecule has 0 saturated carbocycles. The van der Waals surface area contributed by atoms with Crippen LogP contribution in [-0.2, 0) is 4.74 Å². The number of nitrogens with two attached hydrogens (primary N) is 1. The number of carbonyl (C=O) groups is 1. The van der Waals surface area contributed by atoms with E-state index in [1.54, 1.807) is 19.2 Å². The van der Waals surface area contributed by atoms with Crippen molar-refractivity contribution in [2.75, 3.05) is 18.1 Å². The number of ether oxygens (including phenoxy) is 1. The fraction of sp³-hybridized carbons (Fsp3) is 0.308. The molecule has 2 aromatic heterocycles. The fourth-order valence-corrected chi connectivity index (χ4v) is 2.69. The third-order valence-electron chi connectivity index (χ3n) is 2.58. The van der Waals surface area contributed by atoms with Crippen LogP contribution < -0.4 is 5.73 Å². The van der Waals surface area contributed by atoms with Crippen molar-refractivity contribution in [2.45, 2.75) is 18.9 Å². The Morgan fingerprint density at radius 2 is 2.24 bits per heavy atom. The molecule has 0 fully saturated rings. The van der Waals surface area contributed by atoms with Crippen LogP contribution in [0.15, 0.2) is 27.8 Å². The predicted octanol–water partition coefficient (Wildman–Crippen LogP) is 2.90. The highest BCUT2D eigenvalue weighted by Crippen LogP contribution is 2.29. The minimum absolute atomic E-state index is 0.235. The summed E-state index contributed by atoms with van der Waals surface area (Å²) in [5, 5.41) is 4.93. The van der Waals surface area contributed by atoms with Crippen LogP contribution in [0.5, 0.6) is 0 Å². The molecule has 0 aliphatic carbocycles. The Morgan fingerprint density at radius 1 is 1.48 bits per heavy atom. The van der Waals surface area contributed by atoms with E-state index in [0.29, 0.717) is 16.4 Å². The molecule has 0 bridgehead atoms. The molecule has 0 unspecified atom stereocenters. The zero-order valence-electron chi connectivity index (χ0n) is 11.7. The lowest BCUT2D eigenvalue weighted by Gasteiger charge is -2.04. The number of rotatable bonds is 5. The summed E-state index contributed by atoms with van der Waals surface area (Å²) >= 11 is 4.76. The number of nitrogen functional groups attached to an aromatic ring is 1. The SMILES string of the molecule is CCOC(=O)c1c(SCC)nn(-c2ccc(Br)cn2)c1N. The van der Waals surface area contributed by atoms with Crippen molar-refractivity contribution in [3.05, 3.63) is 28.4 Å². The van der Waals surface area contributed by atoms with Gasteiger partial charge in [0.15, 0.2) is 5.82 Å². The van der Waals surface area contributed by atoms with Gasteiger partial charge in [0.2, 0.25) is 0 Å². The molecule has 2 heterocycles. The van der Waals surface area contributed by atoms with Gasteiger partial charge in [0.05, 0.1) is 6.61 Å². The van der Waals surface area contributed by atoms with Gasteiger partial charge in [-0.2, -0.15) is 9.78 Å². The van der Waals surface area contributed by atoms with E-state index in [1.807, 2.05) is 13.0 Å². The standard InChI is InChI=1S/C13H15BrN4O2S/c1-3-20-13(19)10-11(15)18(17-12(10)21-4-2)9-6-5-8(14)7-16-9/h5-7H,3-4,15H2,1-2H3. The summed E-state index contributed by atoms with van der Waals surface area (Å²) in [7, 11) is 0. The number of nitrogens with zero attached hydrogens (tertiary/aromatic N) is 3. The van der Waals surface area contributed by atoms with E-state index in [-0.39, 0.29) is 12.4 Å². The van der Waals surface area contributed by atoms with Crippen molar-refractivity contribution < 1.29 is 9.53 Å². The van der Waals surface area contributed by atoms with Crippen LogP contribution in [0.25, 0.3) is 5.82 Å². The number of anilines is 1. The van der Waals surface area contributed by atoms with Crippen LogP contribution in [0.3, 0.4) is 0 Å². The zero-order valence-corrected chi connectivity index (χ0v) is 14.1. The number of hydrogen-bond donors (Lipinski definition) is 1. The first-order chi connectivity index (χ1) is 10.1. The Morgan fingerprint density at radius 3 is 2.81 bits per heavy atom. The number of esters is 1.